The second kappa shape index (κ2) is 4.10. The Bertz CT molecular complexity index is 110. The molecule has 0 saturated carbocycles. The Hall–Kier alpha value is 0.130. The fourth-order valence-electron chi connectivity index (χ4n) is 0.949. The lowest BCUT2D eigenvalue weighted by Gasteiger charge is -2.31. The van der Waals surface area contributed by atoms with E-state index in [4.69, 9.17) is 0 Å². The molecule has 0 saturated heterocycles. The first kappa shape index (κ1) is 10.1. The van der Waals surface area contributed by atoms with Gasteiger partial charge >= 0.3 is 0 Å². The van der Waals surface area contributed by atoms with Crippen molar-refractivity contribution in [1.82, 2.24) is 0 Å². The van der Waals surface area contributed by atoms with Gasteiger partial charge in [0.05, 0.1) is 5.85 Å². The smallest absolute Gasteiger partial charge is 0.0690 e. The zero-order valence-electron chi connectivity index (χ0n) is 7.17. The highest BCUT2D eigenvalue weighted by Gasteiger charge is 2.21. The number of hydrogen-bond acceptors (Lipinski definition) is 1. The predicted molar refractivity (Wildman–Crippen MR) is 50.1 cm³/mol. The summed E-state index contributed by atoms with van der Waals surface area (Å²) >= 11 is 0. The first-order valence-corrected chi connectivity index (χ1v) is 6.60. The Labute approximate surface area is 64.5 Å². The summed E-state index contributed by atoms with van der Waals surface area (Å²) in [6.45, 7) is 10.0. The summed E-state index contributed by atoms with van der Waals surface area (Å²) in [7, 11) is -1.10. The van der Waals surface area contributed by atoms with Crippen LogP contribution < -0.4 is 0 Å². The molecule has 1 N–H and O–H groups in total. The lowest BCUT2D eigenvalue weighted by atomic mass is 10.5. The van der Waals surface area contributed by atoms with Gasteiger partial charge in [-0.25, -0.2) is 0 Å². The molecular formula is C8H18OP. The van der Waals surface area contributed by atoms with Crippen LogP contribution in [0.5, 0.6) is 0 Å². The van der Waals surface area contributed by atoms with Crippen molar-refractivity contribution in [2.45, 2.75) is 19.2 Å². The predicted octanol–water partition coefficient (Wildman–Crippen LogP) is 2.18. The summed E-state index contributed by atoms with van der Waals surface area (Å²) in [5.41, 5.74) is 0. The molecule has 0 aliphatic rings. The van der Waals surface area contributed by atoms with Crippen molar-refractivity contribution in [2.75, 3.05) is 19.5 Å². The zero-order valence-corrected chi connectivity index (χ0v) is 8.06. The molecule has 61 valence electrons. The van der Waals surface area contributed by atoms with Crippen molar-refractivity contribution in [3.8, 4) is 0 Å². The average Bonchev–Trinajstić information content (AvgIpc) is 1.86. The van der Waals surface area contributed by atoms with Crippen LogP contribution in [-0.2, 0) is 0 Å². The summed E-state index contributed by atoms with van der Waals surface area (Å²) in [5, 5.41) is 9.52. The largest absolute Gasteiger partial charge is 0.389 e. The molecule has 0 amide bonds. The average molecular weight is 161 g/mol. The quantitative estimate of drug-likeness (QED) is 0.495. The van der Waals surface area contributed by atoms with Crippen molar-refractivity contribution in [3.05, 3.63) is 12.7 Å². The fraction of sp³-hybridized carbons (Fsp3) is 0.750. The molecule has 1 nitrogen and oxygen atoms in total. The highest BCUT2D eigenvalue weighted by Crippen LogP contribution is 2.55. The standard InChI is InChI=1S/C8H18OP/c1-5-7-10(3,4)8(9)6-2/h5,8-9H,1,6-7H2,2-4H3. The van der Waals surface area contributed by atoms with Gasteiger partial charge in [0.25, 0.3) is 0 Å². The van der Waals surface area contributed by atoms with Gasteiger partial charge in [-0.2, -0.15) is 0 Å². The molecule has 2 heteroatoms. The molecular weight excluding hydrogens is 143 g/mol. The van der Waals surface area contributed by atoms with Crippen LogP contribution in [0.25, 0.3) is 0 Å². The maximum atomic E-state index is 9.52. The highest BCUT2D eigenvalue weighted by atomic mass is 31.2. The van der Waals surface area contributed by atoms with E-state index in [1.165, 1.54) is 0 Å². The summed E-state index contributed by atoms with van der Waals surface area (Å²) in [6, 6.07) is 0. The van der Waals surface area contributed by atoms with Crippen molar-refractivity contribution in [3.63, 3.8) is 0 Å². The Morgan fingerprint density at radius 2 is 2.10 bits per heavy atom. The molecule has 0 spiro atoms. The topological polar surface area (TPSA) is 20.2 Å². The van der Waals surface area contributed by atoms with Gasteiger partial charge in [0, 0.05) is 0 Å². The molecule has 1 atom stereocenters. The van der Waals surface area contributed by atoms with Gasteiger partial charge < -0.3 is 5.11 Å². The molecule has 0 rings (SSSR count). The second-order valence-electron chi connectivity index (χ2n) is 3.14. The van der Waals surface area contributed by atoms with Crippen molar-refractivity contribution in [1.29, 1.82) is 0 Å². The minimum atomic E-state index is -1.10. The van der Waals surface area contributed by atoms with Gasteiger partial charge in [-0.3, -0.25) is 0 Å². The second-order valence-corrected chi connectivity index (χ2v) is 7.66. The Balaban J connectivity index is 3.94. The Kier molecular flexibility index (Phi) is 4.15. The zero-order chi connectivity index (χ0) is 8.20. The molecule has 0 aliphatic heterocycles. The van der Waals surface area contributed by atoms with Crippen LogP contribution in [0, 0.1) is 0 Å². The van der Waals surface area contributed by atoms with Gasteiger partial charge in [0.15, 0.2) is 0 Å². The maximum absolute atomic E-state index is 9.52. The van der Waals surface area contributed by atoms with Gasteiger partial charge in [-0.05, 0) is 25.9 Å². The fourth-order valence-corrected chi connectivity index (χ4v) is 2.85. The molecule has 0 aromatic heterocycles. The summed E-state index contributed by atoms with van der Waals surface area (Å²) < 4.78 is 0. The van der Waals surface area contributed by atoms with Crippen molar-refractivity contribution < 1.29 is 5.11 Å². The normalized spacial score (nSPS) is 14.8. The van der Waals surface area contributed by atoms with E-state index >= 15 is 0 Å². The third-order valence-corrected chi connectivity index (χ3v) is 4.95. The molecule has 0 aliphatic carbocycles. The van der Waals surface area contributed by atoms with E-state index in [-0.39, 0.29) is 5.85 Å². The molecule has 0 aromatic carbocycles. The number of allylic oxidation sites excluding steroid dienone is 1. The van der Waals surface area contributed by atoms with E-state index in [0.717, 1.165) is 12.6 Å². The van der Waals surface area contributed by atoms with Crippen LogP contribution in [0.3, 0.4) is 0 Å². The van der Waals surface area contributed by atoms with Gasteiger partial charge in [-0.15, -0.1) is 6.58 Å². The van der Waals surface area contributed by atoms with Crippen LogP contribution in [0.15, 0.2) is 12.7 Å². The lowest BCUT2D eigenvalue weighted by molar-refractivity contribution is 0.251. The lowest BCUT2D eigenvalue weighted by Crippen LogP contribution is -2.11. The van der Waals surface area contributed by atoms with Gasteiger partial charge in [-0.1, -0.05) is 20.3 Å². The van der Waals surface area contributed by atoms with Gasteiger partial charge in [0.2, 0.25) is 0 Å². The molecule has 0 bridgehead atoms. The van der Waals surface area contributed by atoms with Crippen molar-refractivity contribution >= 4 is 7.26 Å². The van der Waals surface area contributed by atoms with Crippen molar-refractivity contribution in [2.24, 2.45) is 0 Å². The monoisotopic (exact) mass is 161 g/mol. The number of aliphatic hydroxyl groups excluding tert-OH is 1. The minimum Gasteiger partial charge on any atom is -0.389 e. The number of aliphatic hydroxyl groups is 1. The van der Waals surface area contributed by atoms with E-state index in [2.05, 4.69) is 19.9 Å². The van der Waals surface area contributed by atoms with E-state index in [1.807, 2.05) is 13.0 Å². The van der Waals surface area contributed by atoms with Crippen LogP contribution in [0.1, 0.15) is 13.3 Å². The Morgan fingerprint density at radius 3 is 2.40 bits per heavy atom. The van der Waals surface area contributed by atoms with Gasteiger partial charge in [0.1, 0.15) is 0 Å². The summed E-state index contributed by atoms with van der Waals surface area (Å²) in [4.78, 5) is 0. The maximum Gasteiger partial charge on any atom is 0.0690 e. The van der Waals surface area contributed by atoms with Crippen LogP contribution in [-0.4, -0.2) is 30.4 Å². The summed E-state index contributed by atoms with van der Waals surface area (Å²) in [6.07, 6.45) is 3.77. The van der Waals surface area contributed by atoms with E-state index in [9.17, 15) is 5.11 Å². The van der Waals surface area contributed by atoms with Crippen LogP contribution in [0.4, 0.5) is 0 Å². The molecule has 10 heavy (non-hydrogen) atoms. The Morgan fingerprint density at radius 1 is 1.60 bits per heavy atom. The molecule has 0 heterocycles. The van der Waals surface area contributed by atoms with Crippen LogP contribution in [0.2, 0.25) is 0 Å². The van der Waals surface area contributed by atoms with E-state index in [1.54, 1.807) is 0 Å². The number of rotatable bonds is 4. The molecule has 1 unspecified atom stereocenters. The molecule has 0 aromatic rings. The first-order chi connectivity index (χ1) is 4.54. The first-order valence-electron chi connectivity index (χ1n) is 3.66. The minimum absolute atomic E-state index is 0.0921. The third-order valence-electron chi connectivity index (χ3n) is 1.77. The number of hydrogen-bond donors (Lipinski definition) is 1. The summed E-state index contributed by atoms with van der Waals surface area (Å²) in [5.74, 6) is -0.0921. The molecule has 0 fully saturated rings. The van der Waals surface area contributed by atoms with E-state index in [0.29, 0.717) is 0 Å². The highest BCUT2D eigenvalue weighted by molar-refractivity contribution is 7.75. The van der Waals surface area contributed by atoms with Crippen LogP contribution >= 0.6 is 7.26 Å². The SMILES string of the molecule is C=CC[P](C)(C)C(O)CC. The van der Waals surface area contributed by atoms with E-state index < -0.39 is 7.26 Å². The third kappa shape index (κ3) is 2.81. The molecule has 1 radical (unpaired) electrons.